The molecule has 9 nitrogen and oxygen atoms in total. The summed E-state index contributed by atoms with van der Waals surface area (Å²) in [6.07, 6.45) is -1.56. The number of nitrogens with zero attached hydrogens (tertiary/aromatic N) is 2. The fourth-order valence-electron chi connectivity index (χ4n) is 2.43. The van der Waals surface area contributed by atoms with Crippen LogP contribution in [-0.4, -0.2) is 61.5 Å². The Kier molecular flexibility index (Phi) is 5.48. The van der Waals surface area contributed by atoms with Crippen molar-refractivity contribution < 1.29 is 25.2 Å². The minimum atomic E-state index is -1.36. The molecule has 0 spiro atoms. The highest BCUT2D eigenvalue weighted by molar-refractivity contribution is 5.36. The third-order valence-corrected chi connectivity index (χ3v) is 3.71. The Hall–Kier alpha value is -1.52. The Labute approximate surface area is 126 Å². The molecule has 0 aliphatic carbocycles. The summed E-state index contributed by atoms with van der Waals surface area (Å²) in [6.45, 7) is -0.420. The third-order valence-electron chi connectivity index (χ3n) is 3.71. The lowest BCUT2D eigenvalue weighted by molar-refractivity contribution is -0.0550. The van der Waals surface area contributed by atoms with Gasteiger partial charge in [-0.25, -0.2) is 4.79 Å². The quantitative estimate of drug-likeness (QED) is 0.369. The number of nitrogen functional groups attached to an aromatic ring is 1. The molecule has 0 saturated carbocycles. The molecule has 2 rings (SSSR count). The number of aliphatic hydroxyl groups excluding tert-OH is 4. The number of aromatic nitrogens is 2. The van der Waals surface area contributed by atoms with Crippen LogP contribution in [-0.2, 0) is 11.2 Å². The molecule has 9 heteroatoms. The molecular formula is C13H21N3O6. The Morgan fingerprint density at radius 1 is 1.27 bits per heavy atom. The summed E-state index contributed by atoms with van der Waals surface area (Å²) < 4.78 is 6.38. The second-order valence-electron chi connectivity index (χ2n) is 5.25. The van der Waals surface area contributed by atoms with E-state index in [2.05, 4.69) is 4.98 Å². The lowest BCUT2D eigenvalue weighted by Gasteiger charge is -2.18. The number of nitrogens with two attached hydrogens (primary N) is 1. The highest BCUT2D eigenvalue weighted by Gasteiger charge is 2.43. The zero-order valence-corrected chi connectivity index (χ0v) is 12.0. The fourth-order valence-corrected chi connectivity index (χ4v) is 2.43. The predicted molar refractivity (Wildman–Crippen MR) is 75.9 cm³/mol. The van der Waals surface area contributed by atoms with E-state index in [4.69, 9.17) is 20.7 Å². The van der Waals surface area contributed by atoms with Crippen LogP contribution >= 0.6 is 0 Å². The number of aryl methyl sites for hydroxylation is 1. The molecule has 1 saturated heterocycles. The van der Waals surface area contributed by atoms with E-state index in [1.165, 1.54) is 6.20 Å². The van der Waals surface area contributed by atoms with E-state index in [9.17, 15) is 15.0 Å². The zero-order chi connectivity index (χ0) is 16.3. The maximum atomic E-state index is 12.0. The first kappa shape index (κ1) is 16.8. The highest BCUT2D eigenvalue weighted by atomic mass is 16.6. The summed E-state index contributed by atoms with van der Waals surface area (Å²) >= 11 is 0. The first-order chi connectivity index (χ1) is 10.5. The molecule has 0 unspecified atom stereocenters. The Bertz CT molecular complexity index is 563. The largest absolute Gasteiger partial charge is 0.396 e. The zero-order valence-electron chi connectivity index (χ0n) is 12.0. The van der Waals surface area contributed by atoms with Crippen LogP contribution in [0.4, 0.5) is 5.82 Å². The summed E-state index contributed by atoms with van der Waals surface area (Å²) in [5.41, 5.74) is 5.59. The molecule has 1 aromatic rings. The van der Waals surface area contributed by atoms with Gasteiger partial charge < -0.3 is 30.9 Å². The molecule has 124 valence electrons. The molecule has 1 aliphatic rings. The molecule has 1 fully saturated rings. The monoisotopic (exact) mass is 315 g/mol. The van der Waals surface area contributed by atoms with E-state index >= 15 is 0 Å². The number of aliphatic hydroxyl groups is 4. The molecular weight excluding hydrogens is 294 g/mol. The average Bonchev–Trinajstić information content (AvgIpc) is 2.77. The molecule has 0 aromatic carbocycles. The van der Waals surface area contributed by atoms with Gasteiger partial charge >= 0.3 is 5.69 Å². The van der Waals surface area contributed by atoms with E-state index in [1.807, 2.05) is 0 Å². The van der Waals surface area contributed by atoms with Crippen molar-refractivity contribution in [1.29, 1.82) is 0 Å². The molecule has 1 aromatic heterocycles. The van der Waals surface area contributed by atoms with Gasteiger partial charge in [0.05, 0.1) is 6.61 Å². The molecule has 4 atom stereocenters. The first-order valence-corrected chi connectivity index (χ1v) is 7.10. The summed E-state index contributed by atoms with van der Waals surface area (Å²) in [7, 11) is 0. The summed E-state index contributed by atoms with van der Waals surface area (Å²) in [6, 6.07) is 0. The third kappa shape index (κ3) is 3.28. The van der Waals surface area contributed by atoms with E-state index < -0.39 is 36.8 Å². The van der Waals surface area contributed by atoms with Crippen molar-refractivity contribution >= 4 is 5.82 Å². The van der Waals surface area contributed by atoms with Crippen molar-refractivity contribution in [1.82, 2.24) is 9.55 Å². The second kappa shape index (κ2) is 7.16. The molecule has 0 radical (unpaired) electrons. The number of anilines is 1. The fraction of sp³-hybridized carbons (Fsp3) is 0.692. The van der Waals surface area contributed by atoms with Crippen molar-refractivity contribution in [3.05, 3.63) is 22.2 Å². The van der Waals surface area contributed by atoms with Gasteiger partial charge in [-0.1, -0.05) is 0 Å². The molecule has 22 heavy (non-hydrogen) atoms. The van der Waals surface area contributed by atoms with Crippen molar-refractivity contribution in [2.75, 3.05) is 18.9 Å². The Morgan fingerprint density at radius 2 is 2.00 bits per heavy atom. The van der Waals surface area contributed by atoms with E-state index in [0.717, 1.165) is 4.57 Å². The summed E-state index contributed by atoms with van der Waals surface area (Å²) in [5, 5.41) is 37.6. The lowest BCUT2D eigenvalue weighted by atomic mass is 10.1. The standard InChI is InChI=1S/C13H21N3O6/c14-11-7(3-1-2-4-17)5-16(13(21)15-11)12-10(20)9(19)8(6-18)22-12/h5,8-10,12,17-20H,1-4,6H2,(H2,14,15,21)/t8-,9-,10-,12-/m1/s1. The molecule has 0 bridgehead atoms. The number of unbranched alkanes of at least 4 members (excludes halogenated alkanes) is 1. The molecule has 1 aliphatic heterocycles. The lowest BCUT2D eigenvalue weighted by Crippen LogP contribution is -2.36. The average molecular weight is 315 g/mol. The second-order valence-corrected chi connectivity index (χ2v) is 5.25. The van der Waals surface area contributed by atoms with Gasteiger partial charge in [0.2, 0.25) is 0 Å². The summed E-state index contributed by atoms with van der Waals surface area (Å²) in [4.78, 5) is 15.6. The van der Waals surface area contributed by atoms with Gasteiger partial charge in [0, 0.05) is 18.4 Å². The van der Waals surface area contributed by atoms with E-state index in [1.54, 1.807) is 0 Å². The summed E-state index contributed by atoms with van der Waals surface area (Å²) in [5.74, 6) is 0.0888. The number of hydrogen-bond acceptors (Lipinski definition) is 8. The van der Waals surface area contributed by atoms with E-state index in [-0.39, 0.29) is 12.4 Å². The highest BCUT2D eigenvalue weighted by Crippen LogP contribution is 2.28. The SMILES string of the molecule is Nc1nc(=O)n([C@@H]2O[C@H](CO)[C@@H](O)[C@H]2O)cc1CCCCO. The maximum absolute atomic E-state index is 12.0. The first-order valence-electron chi connectivity index (χ1n) is 7.10. The maximum Gasteiger partial charge on any atom is 0.351 e. The molecule has 0 amide bonds. The minimum Gasteiger partial charge on any atom is -0.396 e. The Morgan fingerprint density at radius 3 is 2.59 bits per heavy atom. The van der Waals surface area contributed by atoms with Crippen molar-refractivity contribution in [2.45, 2.75) is 43.8 Å². The number of hydrogen-bond donors (Lipinski definition) is 5. The number of rotatable bonds is 6. The predicted octanol–water partition coefficient (Wildman–Crippen LogP) is -2.25. The van der Waals surface area contributed by atoms with E-state index in [0.29, 0.717) is 24.8 Å². The van der Waals surface area contributed by atoms with Gasteiger partial charge in [0.25, 0.3) is 0 Å². The molecule has 2 heterocycles. The van der Waals surface area contributed by atoms with Gasteiger partial charge in [-0.05, 0) is 19.3 Å². The van der Waals surface area contributed by atoms with Crippen LogP contribution in [0.3, 0.4) is 0 Å². The number of ether oxygens (including phenoxy) is 1. The van der Waals surface area contributed by atoms with Gasteiger partial charge in [-0.15, -0.1) is 0 Å². The van der Waals surface area contributed by atoms with Crippen molar-refractivity contribution in [3.63, 3.8) is 0 Å². The van der Waals surface area contributed by atoms with Gasteiger partial charge in [-0.3, -0.25) is 4.57 Å². The van der Waals surface area contributed by atoms with Crippen LogP contribution in [0.2, 0.25) is 0 Å². The smallest absolute Gasteiger partial charge is 0.351 e. The van der Waals surface area contributed by atoms with Crippen LogP contribution in [0.5, 0.6) is 0 Å². The van der Waals surface area contributed by atoms with Gasteiger partial charge in [0.15, 0.2) is 6.23 Å². The van der Waals surface area contributed by atoms with Crippen LogP contribution in [0, 0.1) is 0 Å². The van der Waals surface area contributed by atoms with Crippen LogP contribution in [0.15, 0.2) is 11.0 Å². The van der Waals surface area contributed by atoms with Crippen LogP contribution < -0.4 is 11.4 Å². The normalized spacial score (nSPS) is 28.2. The van der Waals surface area contributed by atoms with Gasteiger partial charge in [0.1, 0.15) is 24.1 Å². The minimum absolute atomic E-state index is 0.0573. The Balaban J connectivity index is 2.27. The van der Waals surface area contributed by atoms with Crippen molar-refractivity contribution in [2.24, 2.45) is 0 Å². The van der Waals surface area contributed by atoms with Crippen molar-refractivity contribution in [3.8, 4) is 0 Å². The van der Waals surface area contributed by atoms with Gasteiger partial charge in [-0.2, -0.15) is 4.98 Å². The molecule has 6 N–H and O–H groups in total. The van der Waals surface area contributed by atoms with Crippen LogP contribution in [0.1, 0.15) is 24.6 Å². The van der Waals surface area contributed by atoms with Crippen LogP contribution in [0.25, 0.3) is 0 Å². The topological polar surface area (TPSA) is 151 Å².